The van der Waals surface area contributed by atoms with Crippen LogP contribution in [0.4, 0.5) is 4.39 Å². The molecule has 1 amide bonds. The maximum atomic E-state index is 13.1. The summed E-state index contributed by atoms with van der Waals surface area (Å²) in [5, 5.41) is 0. The number of hydrogen-bond donors (Lipinski definition) is 1. The number of amides is 1. The summed E-state index contributed by atoms with van der Waals surface area (Å²) < 4.78 is 14.4. The van der Waals surface area contributed by atoms with Crippen LogP contribution >= 0.6 is 0 Å². The van der Waals surface area contributed by atoms with Crippen LogP contribution in [-0.4, -0.2) is 10.5 Å². The van der Waals surface area contributed by atoms with Crippen LogP contribution in [0.2, 0.25) is 0 Å². The Morgan fingerprint density at radius 1 is 0.913 bits per heavy atom. The fraction of sp³-hybridized carbons (Fsp3) is 0. The van der Waals surface area contributed by atoms with Gasteiger partial charge < -0.3 is 5.73 Å². The van der Waals surface area contributed by atoms with E-state index in [1.54, 1.807) is 42.6 Å². The third kappa shape index (κ3) is 2.76. The molecule has 0 saturated heterocycles. The van der Waals surface area contributed by atoms with E-state index in [0.717, 1.165) is 0 Å². The van der Waals surface area contributed by atoms with Gasteiger partial charge in [-0.05, 0) is 48.0 Å². The molecule has 3 aromatic rings. The van der Waals surface area contributed by atoms with Gasteiger partial charge in [0.25, 0.3) is 5.56 Å². The van der Waals surface area contributed by atoms with Crippen molar-refractivity contribution in [2.24, 2.45) is 5.73 Å². The van der Waals surface area contributed by atoms with Gasteiger partial charge in [0.1, 0.15) is 5.82 Å². The number of primary amides is 1. The fourth-order valence-corrected chi connectivity index (χ4v) is 2.44. The highest BCUT2D eigenvalue weighted by molar-refractivity contribution is 5.99. The van der Waals surface area contributed by atoms with Crippen LogP contribution in [0.5, 0.6) is 0 Å². The molecule has 5 heteroatoms. The van der Waals surface area contributed by atoms with E-state index in [2.05, 4.69) is 0 Å². The summed E-state index contributed by atoms with van der Waals surface area (Å²) in [5.74, 6) is -0.978. The summed E-state index contributed by atoms with van der Waals surface area (Å²) in [5.41, 5.74) is 6.71. The quantitative estimate of drug-likeness (QED) is 0.808. The van der Waals surface area contributed by atoms with Crippen LogP contribution in [0.1, 0.15) is 10.4 Å². The summed E-state index contributed by atoms with van der Waals surface area (Å²) in [6.07, 6.45) is 1.59. The van der Waals surface area contributed by atoms with Crippen LogP contribution in [0.25, 0.3) is 16.8 Å². The predicted octanol–water partition coefficient (Wildman–Crippen LogP) is 2.74. The molecule has 23 heavy (non-hydrogen) atoms. The Kier molecular flexibility index (Phi) is 3.76. The highest BCUT2D eigenvalue weighted by atomic mass is 19.1. The van der Waals surface area contributed by atoms with Gasteiger partial charge in [-0.15, -0.1) is 0 Å². The zero-order chi connectivity index (χ0) is 16.4. The molecule has 0 saturated carbocycles. The van der Waals surface area contributed by atoms with Crippen molar-refractivity contribution >= 4 is 5.91 Å². The molecule has 0 spiro atoms. The fourth-order valence-electron chi connectivity index (χ4n) is 2.44. The Morgan fingerprint density at radius 2 is 1.57 bits per heavy atom. The van der Waals surface area contributed by atoms with Gasteiger partial charge in [0.2, 0.25) is 5.91 Å². The van der Waals surface area contributed by atoms with E-state index in [1.165, 1.54) is 28.8 Å². The second-order valence-corrected chi connectivity index (χ2v) is 4.98. The molecule has 2 N–H and O–H groups in total. The summed E-state index contributed by atoms with van der Waals surface area (Å²) in [6, 6.07) is 15.6. The molecule has 0 aliphatic carbocycles. The largest absolute Gasteiger partial charge is 0.366 e. The second kappa shape index (κ2) is 5.88. The van der Waals surface area contributed by atoms with E-state index in [9.17, 15) is 14.0 Å². The van der Waals surface area contributed by atoms with Gasteiger partial charge in [-0.2, -0.15) is 0 Å². The standard InChI is InChI=1S/C18H13FN2O2/c19-12-7-9-13(10-8-12)21-11-3-6-16(18(21)23)14-4-1-2-5-15(14)17(20)22/h1-11H,(H2,20,22). The van der Waals surface area contributed by atoms with Crippen molar-refractivity contribution in [3.05, 3.63) is 88.6 Å². The van der Waals surface area contributed by atoms with Crippen molar-refractivity contribution in [2.75, 3.05) is 0 Å². The third-order valence-corrected chi connectivity index (χ3v) is 3.53. The number of halogens is 1. The van der Waals surface area contributed by atoms with Crippen LogP contribution < -0.4 is 11.3 Å². The van der Waals surface area contributed by atoms with Crippen LogP contribution in [-0.2, 0) is 0 Å². The average molecular weight is 308 g/mol. The molecule has 0 atom stereocenters. The van der Waals surface area contributed by atoms with E-state index >= 15 is 0 Å². The molecule has 0 bridgehead atoms. The van der Waals surface area contributed by atoms with E-state index in [-0.39, 0.29) is 16.9 Å². The molecular formula is C18H13FN2O2. The Labute approximate surface area is 131 Å². The lowest BCUT2D eigenvalue weighted by Gasteiger charge is -2.10. The number of carbonyl (C=O) groups is 1. The molecule has 1 heterocycles. The minimum absolute atomic E-state index is 0.279. The minimum atomic E-state index is -0.600. The van der Waals surface area contributed by atoms with E-state index in [0.29, 0.717) is 16.8 Å². The summed E-state index contributed by atoms with van der Waals surface area (Å²) in [6.45, 7) is 0. The topological polar surface area (TPSA) is 65.1 Å². The number of rotatable bonds is 3. The van der Waals surface area contributed by atoms with E-state index in [1.807, 2.05) is 0 Å². The van der Waals surface area contributed by atoms with Gasteiger partial charge in [0, 0.05) is 23.0 Å². The maximum Gasteiger partial charge on any atom is 0.262 e. The van der Waals surface area contributed by atoms with Crippen molar-refractivity contribution in [1.29, 1.82) is 0 Å². The molecule has 3 rings (SSSR count). The Hall–Kier alpha value is -3.21. The van der Waals surface area contributed by atoms with Crippen LogP contribution in [0.3, 0.4) is 0 Å². The van der Waals surface area contributed by atoms with E-state index < -0.39 is 5.91 Å². The first-order valence-corrected chi connectivity index (χ1v) is 6.95. The van der Waals surface area contributed by atoms with Crippen LogP contribution in [0.15, 0.2) is 71.7 Å². The van der Waals surface area contributed by atoms with Gasteiger partial charge in [-0.1, -0.05) is 18.2 Å². The van der Waals surface area contributed by atoms with Gasteiger partial charge in [0.15, 0.2) is 0 Å². The van der Waals surface area contributed by atoms with Crippen molar-refractivity contribution < 1.29 is 9.18 Å². The first-order valence-electron chi connectivity index (χ1n) is 6.95. The normalized spacial score (nSPS) is 10.5. The van der Waals surface area contributed by atoms with Gasteiger partial charge in [-0.25, -0.2) is 4.39 Å². The number of nitrogens with two attached hydrogens (primary N) is 1. The Balaban J connectivity index is 2.20. The third-order valence-electron chi connectivity index (χ3n) is 3.53. The zero-order valence-corrected chi connectivity index (χ0v) is 12.1. The Bertz CT molecular complexity index is 930. The molecule has 0 aliphatic rings. The lowest BCUT2D eigenvalue weighted by molar-refractivity contribution is 0.100. The summed E-state index contributed by atoms with van der Waals surface area (Å²) in [4.78, 5) is 24.3. The molecule has 1 aromatic heterocycles. The number of pyridine rings is 1. The molecule has 114 valence electrons. The van der Waals surface area contributed by atoms with Gasteiger partial charge in [-0.3, -0.25) is 14.2 Å². The highest BCUT2D eigenvalue weighted by Crippen LogP contribution is 2.20. The Morgan fingerprint density at radius 3 is 2.26 bits per heavy atom. The number of nitrogens with zero attached hydrogens (tertiary/aromatic N) is 1. The average Bonchev–Trinajstić information content (AvgIpc) is 2.56. The number of hydrogen-bond acceptors (Lipinski definition) is 2. The van der Waals surface area contributed by atoms with Crippen molar-refractivity contribution in [3.63, 3.8) is 0 Å². The lowest BCUT2D eigenvalue weighted by Crippen LogP contribution is -2.21. The smallest absolute Gasteiger partial charge is 0.262 e. The van der Waals surface area contributed by atoms with Crippen molar-refractivity contribution in [1.82, 2.24) is 4.57 Å². The molecule has 2 aromatic carbocycles. The summed E-state index contributed by atoms with van der Waals surface area (Å²) in [7, 11) is 0. The zero-order valence-electron chi connectivity index (χ0n) is 12.1. The number of aromatic nitrogens is 1. The monoisotopic (exact) mass is 308 g/mol. The van der Waals surface area contributed by atoms with Crippen molar-refractivity contribution in [3.8, 4) is 16.8 Å². The molecule has 0 unspecified atom stereocenters. The van der Waals surface area contributed by atoms with Crippen molar-refractivity contribution in [2.45, 2.75) is 0 Å². The number of benzene rings is 2. The minimum Gasteiger partial charge on any atom is -0.366 e. The molecule has 4 nitrogen and oxygen atoms in total. The molecule has 0 fully saturated rings. The molecular weight excluding hydrogens is 295 g/mol. The van der Waals surface area contributed by atoms with Crippen LogP contribution in [0, 0.1) is 5.82 Å². The first-order chi connectivity index (χ1) is 11.1. The maximum absolute atomic E-state index is 13.1. The lowest BCUT2D eigenvalue weighted by atomic mass is 10.0. The first kappa shape index (κ1) is 14.7. The van der Waals surface area contributed by atoms with Gasteiger partial charge in [0.05, 0.1) is 0 Å². The second-order valence-electron chi connectivity index (χ2n) is 4.98. The molecule has 0 radical (unpaired) electrons. The highest BCUT2D eigenvalue weighted by Gasteiger charge is 2.13. The van der Waals surface area contributed by atoms with E-state index in [4.69, 9.17) is 5.73 Å². The van der Waals surface area contributed by atoms with Gasteiger partial charge >= 0.3 is 0 Å². The number of carbonyl (C=O) groups excluding carboxylic acids is 1. The SMILES string of the molecule is NC(=O)c1ccccc1-c1cccn(-c2ccc(F)cc2)c1=O. The predicted molar refractivity (Wildman–Crippen MR) is 86.0 cm³/mol. The summed E-state index contributed by atoms with van der Waals surface area (Å²) >= 11 is 0. The molecule has 0 aliphatic heterocycles.